The summed E-state index contributed by atoms with van der Waals surface area (Å²) in [4.78, 5) is 13.0. The summed E-state index contributed by atoms with van der Waals surface area (Å²) in [5, 5.41) is 2.81. The van der Waals surface area contributed by atoms with Crippen molar-refractivity contribution in [1.29, 1.82) is 0 Å². The number of nitrogens with zero attached hydrogens (tertiary/aromatic N) is 1. The maximum atomic E-state index is 12.8. The lowest BCUT2D eigenvalue weighted by Gasteiger charge is -2.26. The predicted octanol–water partition coefficient (Wildman–Crippen LogP) is 3.90. The van der Waals surface area contributed by atoms with Crippen molar-refractivity contribution in [2.24, 2.45) is 0 Å². The van der Waals surface area contributed by atoms with E-state index < -0.39 is 10.0 Å². The first-order valence-electron chi connectivity index (χ1n) is 9.83. The average molecular weight is 497 g/mol. The van der Waals surface area contributed by atoms with Gasteiger partial charge in [0, 0.05) is 23.2 Å². The van der Waals surface area contributed by atoms with Gasteiger partial charge in [-0.1, -0.05) is 29.3 Å². The van der Waals surface area contributed by atoms with Crippen molar-refractivity contribution in [2.75, 3.05) is 38.2 Å². The molecule has 0 spiro atoms. The molecule has 162 valence electrons. The van der Waals surface area contributed by atoms with Crippen LogP contribution in [0.1, 0.15) is 30.1 Å². The quantitative estimate of drug-likeness (QED) is 0.560. The van der Waals surface area contributed by atoms with Gasteiger partial charge in [0.1, 0.15) is 5.75 Å². The standard InChI is InChI=1S/C21H25BrN2O5S/c1-2-3-12-29-20-9-4-16(22)15-19(20)21(25)23-17-5-7-18(8-6-17)30(26,27)24-10-13-28-14-11-24/h4-9,15H,2-3,10-14H2,1H3,(H,23,25). The van der Waals surface area contributed by atoms with Crippen molar-refractivity contribution in [3.05, 3.63) is 52.5 Å². The van der Waals surface area contributed by atoms with E-state index in [9.17, 15) is 13.2 Å². The van der Waals surface area contributed by atoms with E-state index in [0.29, 0.717) is 49.9 Å². The van der Waals surface area contributed by atoms with Crippen LogP contribution in [0.3, 0.4) is 0 Å². The van der Waals surface area contributed by atoms with Crippen molar-refractivity contribution < 1.29 is 22.7 Å². The molecule has 9 heteroatoms. The lowest BCUT2D eigenvalue weighted by molar-refractivity contribution is 0.0730. The highest BCUT2D eigenvalue weighted by Crippen LogP contribution is 2.25. The molecule has 0 bridgehead atoms. The zero-order chi connectivity index (χ0) is 21.6. The van der Waals surface area contributed by atoms with Crippen molar-refractivity contribution in [2.45, 2.75) is 24.7 Å². The van der Waals surface area contributed by atoms with Gasteiger partial charge in [-0.2, -0.15) is 4.31 Å². The van der Waals surface area contributed by atoms with E-state index in [1.165, 1.54) is 16.4 Å². The number of carbonyl (C=O) groups is 1. The van der Waals surface area contributed by atoms with Crippen LogP contribution in [-0.2, 0) is 14.8 Å². The SMILES string of the molecule is CCCCOc1ccc(Br)cc1C(=O)Nc1ccc(S(=O)(=O)N2CCOCC2)cc1. The Bertz CT molecular complexity index is 973. The summed E-state index contributed by atoms with van der Waals surface area (Å²) < 4.78 is 38.6. The Balaban J connectivity index is 1.72. The van der Waals surface area contributed by atoms with Crippen LogP contribution in [0, 0.1) is 0 Å². The molecule has 0 unspecified atom stereocenters. The molecule has 0 atom stereocenters. The molecule has 1 fully saturated rings. The predicted molar refractivity (Wildman–Crippen MR) is 119 cm³/mol. The van der Waals surface area contributed by atoms with E-state index in [2.05, 4.69) is 28.2 Å². The average Bonchev–Trinajstić information content (AvgIpc) is 2.76. The van der Waals surface area contributed by atoms with Crippen molar-refractivity contribution in [3.8, 4) is 5.75 Å². The van der Waals surface area contributed by atoms with Crippen molar-refractivity contribution >= 4 is 37.5 Å². The molecule has 0 saturated carbocycles. The van der Waals surface area contributed by atoms with Gasteiger partial charge in [0.05, 0.1) is 30.3 Å². The Kier molecular flexibility index (Phi) is 7.87. The lowest BCUT2D eigenvalue weighted by Crippen LogP contribution is -2.40. The van der Waals surface area contributed by atoms with Gasteiger partial charge < -0.3 is 14.8 Å². The van der Waals surface area contributed by atoms with E-state index in [0.717, 1.165) is 17.3 Å². The normalized spacial score (nSPS) is 15.0. The fraction of sp³-hybridized carbons (Fsp3) is 0.381. The van der Waals surface area contributed by atoms with E-state index >= 15 is 0 Å². The van der Waals surface area contributed by atoms with Gasteiger partial charge in [0.15, 0.2) is 0 Å². The number of sulfonamides is 1. The number of unbranched alkanes of at least 4 members (excludes halogenated alkanes) is 1. The van der Waals surface area contributed by atoms with E-state index in [-0.39, 0.29) is 10.8 Å². The van der Waals surface area contributed by atoms with Crippen LogP contribution < -0.4 is 10.1 Å². The number of nitrogens with one attached hydrogen (secondary N) is 1. The minimum Gasteiger partial charge on any atom is -0.493 e. The third kappa shape index (κ3) is 5.60. The van der Waals surface area contributed by atoms with Gasteiger partial charge in [-0.3, -0.25) is 4.79 Å². The number of rotatable bonds is 8. The molecule has 1 saturated heterocycles. The Morgan fingerprint density at radius 2 is 1.87 bits per heavy atom. The summed E-state index contributed by atoms with van der Waals surface area (Å²) in [5.74, 6) is 0.183. The molecule has 0 aliphatic carbocycles. The highest BCUT2D eigenvalue weighted by Gasteiger charge is 2.26. The van der Waals surface area contributed by atoms with Gasteiger partial charge in [-0.05, 0) is 48.9 Å². The molecule has 0 radical (unpaired) electrons. The molecule has 1 aliphatic heterocycles. The molecule has 3 rings (SSSR count). The number of hydrogen-bond donors (Lipinski definition) is 1. The Labute approximate surface area is 185 Å². The van der Waals surface area contributed by atoms with Crippen molar-refractivity contribution in [1.82, 2.24) is 4.31 Å². The molecule has 1 heterocycles. The first-order valence-corrected chi connectivity index (χ1v) is 12.1. The van der Waals surface area contributed by atoms with E-state index in [1.54, 1.807) is 24.3 Å². The first kappa shape index (κ1) is 22.7. The number of halogens is 1. The number of hydrogen-bond acceptors (Lipinski definition) is 5. The number of carbonyl (C=O) groups excluding carboxylic acids is 1. The highest BCUT2D eigenvalue weighted by molar-refractivity contribution is 9.10. The second-order valence-electron chi connectivity index (χ2n) is 6.84. The number of benzene rings is 2. The van der Waals surface area contributed by atoms with Gasteiger partial charge in [-0.25, -0.2) is 8.42 Å². The van der Waals surface area contributed by atoms with Crippen LogP contribution in [0.25, 0.3) is 0 Å². The molecule has 1 N–H and O–H groups in total. The second-order valence-corrected chi connectivity index (χ2v) is 9.69. The van der Waals surface area contributed by atoms with Crippen LogP contribution in [0.2, 0.25) is 0 Å². The van der Waals surface area contributed by atoms with E-state index in [4.69, 9.17) is 9.47 Å². The molecule has 1 amide bonds. The number of morpholine rings is 1. The monoisotopic (exact) mass is 496 g/mol. The molecule has 0 aromatic heterocycles. The summed E-state index contributed by atoms with van der Waals surface area (Å²) in [7, 11) is -3.57. The molecule has 30 heavy (non-hydrogen) atoms. The molecular formula is C21H25BrN2O5S. The van der Waals surface area contributed by atoms with Gasteiger partial charge in [-0.15, -0.1) is 0 Å². The minimum atomic E-state index is -3.57. The van der Waals surface area contributed by atoms with Crippen LogP contribution in [0.4, 0.5) is 5.69 Å². The fourth-order valence-corrected chi connectivity index (χ4v) is 4.75. The first-order chi connectivity index (χ1) is 14.4. The van der Waals surface area contributed by atoms with Gasteiger partial charge in [0.25, 0.3) is 5.91 Å². The molecule has 7 nitrogen and oxygen atoms in total. The number of anilines is 1. The summed E-state index contributed by atoms with van der Waals surface area (Å²) in [6, 6.07) is 11.4. The highest BCUT2D eigenvalue weighted by atomic mass is 79.9. The number of amides is 1. The smallest absolute Gasteiger partial charge is 0.259 e. The zero-order valence-electron chi connectivity index (χ0n) is 16.8. The zero-order valence-corrected chi connectivity index (χ0v) is 19.2. The minimum absolute atomic E-state index is 0.188. The largest absolute Gasteiger partial charge is 0.493 e. The summed E-state index contributed by atoms with van der Waals surface area (Å²) in [6.45, 7) is 4.06. The van der Waals surface area contributed by atoms with Crippen molar-refractivity contribution in [3.63, 3.8) is 0 Å². The van der Waals surface area contributed by atoms with Gasteiger partial charge in [0.2, 0.25) is 10.0 Å². The summed E-state index contributed by atoms with van der Waals surface area (Å²) in [5.41, 5.74) is 0.908. The Morgan fingerprint density at radius 3 is 2.53 bits per heavy atom. The fourth-order valence-electron chi connectivity index (χ4n) is 2.98. The molecule has 2 aromatic rings. The third-order valence-electron chi connectivity index (χ3n) is 4.66. The maximum Gasteiger partial charge on any atom is 0.259 e. The van der Waals surface area contributed by atoms with Crippen LogP contribution in [0.5, 0.6) is 5.75 Å². The number of ether oxygens (including phenoxy) is 2. The second kappa shape index (κ2) is 10.4. The Hall–Kier alpha value is -1.94. The molecular weight excluding hydrogens is 472 g/mol. The van der Waals surface area contributed by atoms with Crippen LogP contribution in [-0.4, -0.2) is 51.5 Å². The lowest BCUT2D eigenvalue weighted by atomic mass is 10.2. The third-order valence-corrected chi connectivity index (χ3v) is 7.07. The van der Waals surface area contributed by atoms with Gasteiger partial charge >= 0.3 is 0 Å². The van der Waals surface area contributed by atoms with Crippen LogP contribution >= 0.6 is 15.9 Å². The topological polar surface area (TPSA) is 84.9 Å². The maximum absolute atomic E-state index is 12.8. The van der Waals surface area contributed by atoms with Crippen LogP contribution in [0.15, 0.2) is 51.8 Å². The summed E-state index contributed by atoms with van der Waals surface area (Å²) in [6.07, 6.45) is 1.90. The molecule has 2 aromatic carbocycles. The summed E-state index contributed by atoms with van der Waals surface area (Å²) >= 11 is 3.39. The molecule has 1 aliphatic rings. The Morgan fingerprint density at radius 1 is 1.17 bits per heavy atom. The van der Waals surface area contributed by atoms with E-state index in [1.807, 2.05) is 6.07 Å².